The molecule has 1 unspecified atom stereocenters. The summed E-state index contributed by atoms with van der Waals surface area (Å²) in [5, 5.41) is 3.35. The topological polar surface area (TPSA) is 15.3 Å². The molecule has 1 aliphatic rings. The molecule has 3 rings (SSSR count). The first-order valence-corrected chi connectivity index (χ1v) is 7.58. The summed E-state index contributed by atoms with van der Waals surface area (Å²) in [6, 6.07) is 17.8. The van der Waals surface area contributed by atoms with Crippen LogP contribution in [0.3, 0.4) is 0 Å². The van der Waals surface area contributed by atoms with E-state index < -0.39 is 0 Å². The van der Waals surface area contributed by atoms with Crippen LogP contribution in [0, 0.1) is 5.82 Å². The minimum atomic E-state index is -0.169. The SMILES string of the molecule is Fc1ccccc1NC1CCCN(Cc2ccccc2)C1. The number of anilines is 1. The zero-order valence-corrected chi connectivity index (χ0v) is 12.1. The van der Waals surface area contributed by atoms with Gasteiger partial charge < -0.3 is 5.32 Å². The average molecular weight is 284 g/mol. The van der Waals surface area contributed by atoms with Crippen molar-refractivity contribution in [1.29, 1.82) is 0 Å². The highest BCUT2D eigenvalue weighted by Gasteiger charge is 2.20. The summed E-state index contributed by atoms with van der Waals surface area (Å²) in [5.74, 6) is -0.169. The quantitative estimate of drug-likeness (QED) is 0.916. The summed E-state index contributed by atoms with van der Waals surface area (Å²) in [6.45, 7) is 3.05. The second kappa shape index (κ2) is 6.72. The van der Waals surface area contributed by atoms with Gasteiger partial charge in [0.05, 0.1) is 5.69 Å². The van der Waals surface area contributed by atoms with Crippen molar-refractivity contribution in [3.63, 3.8) is 0 Å². The molecule has 0 amide bonds. The van der Waals surface area contributed by atoms with Gasteiger partial charge in [0.15, 0.2) is 0 Å². The van der Waals surface area contributed by atoms with Crippen molar-refractivity contribution in [3.8, 4) is 0 Å². The van der Waals surface area contributed by atoms with Crippen LogP contribution in [0.2, 0.25) is 0 Å². The highest BCUT2D eigenvalue weighted by molar-refractivity contribution is 5.45. The van der Waals surface area contributed by atoms with Gasteiger partial charge in [0.25, 0.3) is 0 Å². The van der Waals surface area contributed by atoms with E-state index in [9.17, 15) is 4.39 Å². The fourth-order valence-corrected chi connectivity index (χ4v) is 2.96. The van der Waals surface area contributed by atoms with Crippen molar-refractivity contribution in [2.75, 3.05) is 18.4 Å². The number of piperidine rings is 1. The normalized spacial score (nSPS) is 19.4. The first-order chi connectivity index (χ1) is 10.3. The smallest absolute Gasteiger partial charge is 0.146 e. The average Bonchev–Trinajstić information content (AvgIpc) is 2.51. The largest absolute Gasteiger partial charge is 0.379 e. The Morgan fingerprint density at radius 3 is 2.62 bits per heavy atom. The van der Waals surface area contributed by atoms with E-state index in [4.69, 9.17) is 0 Å². The lowest BCUT2D eigenvalue weighted by Gasteiger charge is -2.33. The Kier molecular flexibility index (Phi) is 4.51. The molecule has 2 nitrogen and oxygen atoms in total. The van der Waals surface area contributed by atoms with E-state index in [0.717, 1.165) is 32.5 Å². The number of likely N-dealkylation sites (tertiary alicyclic amines) is 1. The molecule has 1 N–H and O–H groups in total. The Bertz CT molecular complexity index is 570. The summed E-state index contributed by atoms with van der Waals surface area (Å²) in [5.41, 5.74) is 1.95. The van der Waals surface area contributed by atoms with Crippen molar-refractivity contribution in [2.24, 2.45) is 0 Å². The maximum absolute atomic E-state index is 13.7. The molecule has 0 saturated carbocycles. The Morgan fingerprint density at radius 2 is 1.81 bits per heavy atom. The molecule has 1 heterocycles. The van der Waals surface area contributed by atoms with Crippen LogP contribution < -0.4 is 5.32 Å². The molecule has 1 atom stereocenters. The van der Waals surface area contributed by atoms with E-state index in [0.29, 0.717) is 11.7 Å². The summed E-state index contributed by atoms with van der Waals surface area (Å²) in [7, 11) is 0. The molecule has 0 aliphatic carbocycles. The maximum Gasteiger partial charge on any atom is 0.146 e. The fourth-order valence-electron chi connectivity index (χ4n) is 2.96. The predicted octanol–water partition coefficient (Wildman–Crippen LogP) is 3.90. The van der Waals surface area contributed by atoms with E-state index in [1.807, 2.05) is 18.2 Å². The standard InChI is InChI=1S/C18H21FN2/c19-17-10-4-5-11-18(17)20-16-9-6-12-21(14-16)13-15-7-2-1-3-8-15/h1-5,7-8,10-11,16,20H,6,9,12-14H2. The number of hydrogen-bond acceptors (Lipinski definition) is 2. The Balaban J connectivity index is 1.60. The van der Waals surface area contributed by atoms with Gasteiger partial charge in [0, 0.05) is 19.1 Å². The van der Waals surface area contributed by atoms with Gasteiger partial charge in [-0.25, -0.2) is 4.39 Å². The molecule has 21 heavy (non-hydrogen) atoms. The molecule has 1 saturated heterocycles. The fraction of sp³-hybridized carbons (Fsp3) is 0.333. The number of nitrogens with one attached hydrogen (secondary N) is 1. The maximum atomic E-state index is 13.7. The number of benzene rings is 2. The lowest BCUT2D eigenvalue weighted by atomic mass is 10.0. The van der Waals surface area contributed by atoms with Gasteiger partial charge in [0.2, 0.25) is 0 Å². The molecule has 110 valence electrons. The molecule has 2 aromatic rings. The van der Waals surface area contributed by atoms with Gasteiger partial charge in [0.1, 0.15) is 5.82 Å². The summed E-state index contributed by atoms with van der Waals surface area (Å²) in [4.78, 5) is 2.44. The third kappa shape index (κ3) is 3.82. The van der Waals surface area contributed by atoms with Crippen molar-refractivity contribution >= 4 is 5.69 Å². The van der Waals surface area contributed by atoms with Gasteiger partial charge >= 0.3 is 0 Å². The van der Waals surface area contributed by atoms with E-state index in [1.54, 1.807) is 6.07 Å². The van der Waals surface area contributed by atoms with Gasteiger partial charge in [-0.2, -0.15) is 0 Å². The van der Waals surface area contributed by atoms with Crippen LogP contribution in [0.15, 0.2) is 54.6 Å². The lowest BCUT2D eigenvalue weighted by Crippen LogP contribution is -2.41. The third-order valence-electron chi connectivity index (χ3n) is 3.99. The molecule has 0 aromatic heterocycles. The minimum absolute atomic E-state index is 0.169. The summed E-state index contributed by atoms with van der Waals surface area (Å²) < 4.78 is 13.7. The third-order valence-corrected chi connectivity index (χ3v) is 3.99. The van der Waals surface area contributed by atoms with E-state index >= 15 is 0 Å². The molecule has 1 fully saturated rings. The van der Waals surface area contributed by atoms with Crippen molar-refractivity contribution in [2.45, 2.75) is 25.4 Å². The van der Waals surface area contributed by atoms with E-state index in [1.165, 1.54) is 11.6 Å². The predicted molar refractivity (Wildman–Crippen MR) is 84.8 cm³/mol. The summed E-state index contributed by atoms with van der Waals surface area (Å²) in [6.07, 6.45) is 2.25. The summed E-state index contributed by atoms with van der Waals surface area (Å²) >= 11 is 0. The Labute approximate surface area is 125 Å². The highest BCUT2D eigenvalue weighted by Crippen LogP contribution is 2.19. The first kappa shape index (κ1) is 14.1. The van der Waals surface area contributed by atoms with Crippen molar-refractivity contribution in [3.05, 3.63) is 66.0 Å². The molecule has 0 spiro atoms. The molecular formula is C18H21FN2. The van der Waals surface area contributed by atoms with Crippen molar-refractivity contribution < 1.29 is 4.39 Å². The zero-order valence-electron chi connectivity index (χ0n) is 12.1. The van der Waals surface area contributed by atoms with E-state index in [-0.39, 0.29) is 5.82 Å². The van der Waals surface area contributed by atoms with Crippen molar-refractivity contribution in [1.82, 2.24) is 4.90 Å². The zero-order chi connectivity index (χ0) is 14.5. The highest BCUT2D eigenvalue weighted by atomic mass is 19.1. The van der Waals surface area contributed by atoms with E-state index in [2.05, 4.69) is 34.5 Å². The van der Waals surface area contributed by atoms with Crippen LogP contribution in [0.1, 0.15) is 18.4 Å². The van der Waals surface area contributed by atoms with Crippen LogP contribution in [-0.2, 0) is 6.54 Å². The molecule has 1 aliphatic heterocycles. The van der Waals surface area contributed by atoms with Crippen LogP contribution in [0.5, 0.6) is 0 Å². The van der Waals surface area contributed by atoms with Crippen LogP contribution in [0.25, 0.3) is 0 Å². The van der Waals surface area contributed by atoms with Crippen LogP contribution >= 0.6 is 0 Å². The number of hydrogen-bond donors (Lipinski definition) is 1. The van der Waals surface area contributed by atoms with Gasteiger partial charge in [-0.3, -0.25) is 4.90 Å². The lowest BCUT2D eigenvalue weighted by molar-refractivity contribution is 0.208. The number of halogens is 1. The monoisotopic (exact) mass is 284 g/mol. The Morgan fingerprint density at radius 1 is 1.05 bits per heavy atom. The minimum Gasteiger partial charge on any atom is -0.379 e. The second-order valence-corrected chi connectivity index (χ2v) is 5.68. The molecule has 3 heteroatoms. The second-order valence-electron chi connectivity index (χ2n) is 5.68. The molecule has 0 radical (unpaired) electrons. The Hall–Kier alpha value is -1.87. The first-order valence-electron chi connectivity index (χ1n) is 7.58. The van der Waals surface area contributed by atoms with Gasteiger partial charge in [-0.15, -0.1) is 0 Å². The number of nitrogens with zero attached hydrogens (tertiary/aromatic N) is 1. The molecular weight excluding hydrogens is 263 g/mol. The molecule has 0 bridgehead atoms. The van der Waals surface area contributed by atoms with Gasteiger partial charge in [-0.1, -0.05) is 42.5 Å². The van der Waals surface area contributed by atoms with Crippen LogP contribution in [0.4, 0.5) is 10.1 Å². The number of rotatable bonds is 4. The number of para-hydroxylation sites is 1. The molecule has 2 aromatic carbocycles. The van der Waals surface area contributed by atoms with Crippen LogP contribution in [-0.4, -0.2) is 24.0 Å². The van der Waals surface area contributed by atoms with Gasteiger partial charge in [-0.05, 0) is 37.1 Å².